The van der Waals surface area contributed by atoms with Crippen LogP contribution in [0.15, 0.2) is 24.5 Å². The number of ether oxygens (including phenoxy) is 1. The summed E-state index contributed by atoms with van der Waals surface area (Å²) < 4.78 is 8.08. The number of carbonyl (C=O) groups is 1. The topological polar surface area (TPSA) is 68.5 Å². The molecule has 0 aliphatic heterocycles. The van der Waals surface area contributed by atoms with Crippen LogP contribution in [0.2, 0.25) is 0 Å². The second-order valence-electron chi connectivity index (χ2n) is 9.87. The minimum Gasteiger partial charge on any atom is -0.373 e. The van der Waals surface area contributed by atoms with Crippen LogP contribution in [0.1, 0.15) is 62.9 Å². The lowest BCUT2D eigenvalue weighted by Gasteiger charge is -2.65. The first kappa shape index (κ1) is 17.2. The molecule has 144 valence electrons. The van der Waals surface area contributed by atoms with E-state index in [4.69, 9.17) is 4.74 Å². The van der Waals surface area contributed by atoms with E-state index < -0.39 is 0 Å². The van der Waals surface area contributed by atoms with Crippen molar-refractivity contribution in [3.8, 4) is 0 Å². The largest absolute Gasteiger partial charge is 0.373 e. The summed E-state index contributed by atoms with van der Waals surface area (Å²) in [6, 6.07) is 3.50. The van der Waals surface area contributed by atoms with E-state index in [2.05, 4.69) is 29.2 Å². The van der Waals surface area contributed by atoms with Gasteiger partial charge in [0.15, 0.2) is 11.3 Å². The molecular weight excluding hydrogens is 340 g/mol. The van der Waals surface area contributed by atoms with Gasteiger partial charge in [-0.15, -0.1) is 0 Å². The van der Waals surface area contributed by atoms with Crippen molar-refractivity contribution in [2.24, 2.45) is 16.7 Å². The SMILES string of the molecule is C[C@@]12CC3CC(OCCNC(=O)c4cc5ncccn5n4)(C1)C[C@@](C)(C3)C2. The molecule has 4 saturated carbocycles. The van der Waals surface area contributed by atoms with E-state index in [1.807, 2.05) is 0 Å². The third-order valence-corrected chi connectivity index (χ3v) is 6.84. The Balaban J connectivity index is 1.19. The van der Waals surface area contributed by atoms with Gasteiger partial charge in [-0.25, -0.2) is 9.50 Å². The average Bonchev–Trinajstić information content (AvgIpc) is 2.99. The van der Waals surface area contributed by atoms with E-state index in [0.29, 0.717) is 35.3 Å². The highest BCUT2D eigenvalue weighted by Gasteiger charge is 2.60. The van der Waals surface area contributed by atoms with Gasteiger partial charge in [0.1, 0.15) is 0 Å². The van der Waals surface area contributed by atoms with Gasteiger partial charge in [0, 0.05) is 25.0 Å². The molecule has 2 heterocycles. The molecule has 2 aromatic rings. The third-order valence-electron chi connectivity index (χ3n) is 6.84. The lowest BCUT2D eigenvalue weighted by Crippen LogP contribution is -2.59. The summed E-state index contributed by atoms with van der Waals surface area (Å²) in [5.74, 6) is 0.643. The summed E-state index contributed by atoms with van der Waals surface area (Å²) in [7, 11) is 0. The summed E-state index contributed by atoms with van der Waals surface area (Å²) in [4.78, 5) is 16.6. The fraction of sp³-hybridized carbons (Fsp3) is 0.667. The van der Waals surface area contributed by atoms with Gasteiger partial charge in [-0.3, -0.25) is 4.79 Å². The number of hydrogen-bond donors (Lipinski definition) is 1. The van der Waals surface area contributed by atoms with Gasteiger partial charge in [0.2, 0.25) is 0 Å². The molecule has 6 nitrogen and oxygen atoms in total. The van der Waals surface area contributed by atoms with Crippen molar-refractivity contribution in [2.75, 3.05) is 13.2 Å². The van der Waals surface area contributed by atoms with Gasteiger partial charge in [-0.05, 0) is 61.3 Å². The first-order valence-corrected chi connectivity index (χ1v) is 10.1. The molecule has 1 amide bonds. The standard InChI is InChI=1S/C21H28N4O2/c1-19-9-15-10-20(2,12-19)14-21(11-15,13-19)27-7-5-23-18(26)16-8-17-22-4-3-6-25(17)24-16/h3-4,6,8,15H,5,7,9-14H2,1-2H3,(H,23,26)/t15?,19-,20-,21?/m0/s1. The molecule has 0 unspecified atom stereocenters. The van der Waals surface area contributed by atoms with Crippen molar-refractivity contribution in [3.63, 3.8) is 0 Å². The van der Waals surface area contributed by atoms with Crippen LogP contribution in [-0.2, 0) is 4.74 Å². The number of nitrogens with one attached hydrogen (secondary N) is 1. The Morgan fingerprint density at radius 3 is 2.74 bits per heavy atom. The first-order valence-electron chi connectivity index (χ1n) is 10.1. The minimum atomic E-state index is -0.173. The summed E-state index contributed by atoms with van der Waals surface area (Å²) in [5, 5.41) is 7.21. The monoisotopic (exact) mass is 368 g/mol. The number of carbonyl (C=O) groups excluding carboxylic acids is 1. The predicted molar refractivity (Wildman–Crippen MR) is 101 cm³/mol. The summed E-state index contributed by atoms with van der Waals surface area (Å²) >= 11 is 0. The van der Waals surface area contributed by atoms with Crippen LogP contribution < -0.4 is 5.32 Å². The Bertz CT molecular complexity index is 840. The van der Waals surface area contributed by atoms with Gasteiger partial charge < -0.3 is 10.1 Å². The summed E-state index contributed by atoms with van der Waals surface area (Å²) in [6.45, 7) is 5.98. The number of nitrogens with zero attached hydrogens (tertiary/aromatic N) is 3. The number of rotatable bonds is 5. The highest BCUT2D eigenvalue weighted by Crippen LogP contribution is 2.67. The maximum absolute atomic E-state index is 12.4. The molecule has 6 heteroatoms. The van der Waals surface area contributed by atoms with E-state index in [1.165, 1.54) is 38.5 Å². The first-order chi connectivity index (χ1) is 12.9. The molecule has 2 atom stereocenters. The zero-order valence-electron chi connectivity index (χ0n) is 16.2. The lowest BCUT2D eigenvalue weighted by molar-refractivity contribution is -0.213. The van der Waals surface area contributed by atoms with Crippen molar-refractivity contribution in [3.05, 3.63) is 30.2 Å². The number of amides is 1. The van der Waals surface area contributed by atoms with Crippen molar-refractivity contribution >= 4 is 11.6 Å². The van der Waals surface area contributed by atoms with Gasteiger partial charge in [-0.2, -0.15) is 5.10 Å². The second-order valence-corrected chi connectivity index (χ2v) is 9.87. The molecule has 6 rings (SSSR count). The van der Waals surface area contributed by atoms with Crippen LogP contribution >= 0.6 is 0 Å². The minimum absolute atomic E-state index is 0.0284. The molecule has 0 spiro atoms. The predicted octanol–water partition coefficient (Wildman–Crippen LogP) is 3.22. The maximum atomic E-state index is 12.4. The zero-order chi connectivity index (χ0) is 18.7. The number of hydrogen-bond acceptors (Lipinski definition) is 4. The molecule has 27 heavy (non-hydrogen) atoms. The van der Waals surface area contributed by atoms with Crippen LogP contribution in [0.3, 0.4) is 0 Å². The molecule has 4 aliphatic carbocycles. The van der Waals surface area contributed by atoms with Crippen molar-refractivity contribution in [1.29, 1.82) is 0 Å². The second kappa shape index (κ2) is 5.77. The van der Waals surface area contributed by atoms with E-state index >= 15 is 0 Å². The maximum Gasteiger partial charge on any atom is 0.271 e. The number of fused-ring (bicyclic) bond motifs is 1. The van der Waals surface area contributed by atoms with Crippen molar-refractivity contribution in [2.45, 2.75) is 58.0 Å². The number of aromatic nitrogens is 3. The molecule has 4 bridgehead atoms. The van der Waals surface area contributed by atoms with E-state index in [1.54, 1.807) is 29.0 Å². The fourth-order valence-corrected chi connectivity index (χ4v) is 6.97. The van der Waals surface area contributed by atoms with E-state index in [-0.39, 0.29) is 11.5 Å². The zero-order valence-corrected chi connectivity index (χ0v) is 16.2. The Hall–Kier alpha value is -1.95. The normalized spacial score (nSPS) is 37.0. The Morgan fingerprint density at radius 1 is 1.26 bits per heavy atom. The molecule has 1 N–H and O–H groups in total. The van der Waals surface area contributed by atoms with Gasteiger partial charge in [0.25, 0.3) is 5.91 Å². The Morgan fingerprint density at radius 2 is 2.04 bits per heavy atom. The van der Waals surface area contributed by atoms with Crippen LogP contribution in [0.5, 0.6) is 0 Å². The Labute approximate surface area is 159 Å². The summed E-state index contributed by atoms with van der Waals surface area (Å²) in [6.07, 6.45) is 11.1. The fourth-order valence-electron chi connectivity index (χ4n) is 6.97. The van der Waals surface area contributed by atoms with Crippen LogP contribution in [0.25, 0.3) is 5.65 Å². The average molecular weight is 368 g/mol. The molecule has 4 aliphatic rings. The smallest absolute Gasteiger partial charge is 0.271 e. The molecule has 0 aromatic carbocycles. The molecule has 4 fully saturated rings. The Kier molecular flexibility index (Phi) is 3.67. The molecule has 2 aromatic heterocycles. The van der Waals surface area contributed by atoms with Crippen LogP contribution in [0.4, 0.5) is 0 Å². The van der Waals surface area contributed by atoms with Crippen LogP contribution in [0, 0.1) is 16.7 Å². The van der Waals surface area contributed by atoms with Gasteiger partial charge in [0.05, 0.1) is 12.2 Å². The third kappa shape index (κ3) is 3.04. The highest BCUT2D eigenvalue weighted by molar-refractivity contribution is 5.93. The van der Waals surface area contributed by atoms with Crippen LogP contribution in [-0.4, -0.2) is 39.3 Å². The molecule has 0 saturated heterocycles. The van der Waals surface area contributed by atoms with Crippen molar-refractivity contribution in [1.82, 2.24) is 19.9 Å². The van der Waals surface area contributed by atoms with E-state index in [9.17, 15) is 4.79 Å². The van der Waals surface area contributed by atoms with Gasteiger partial charge >= 0.3 is 0 Å². The molecular formula is C21H28N4O2. The quantitative estimate of drug-likeness (QED) is 0.823. The lowest BCUT2D eigenvalue weighted by atomic mass is 9.43. The highest BCUT2D eigenvalue weighted by atomic mass is 16.5. The van der Waals surface area contributed by atoms with Gasteiger partial charge in [-0.1, -0.05) is 13.8 Å². The summed E-state index contributed by atoms with van der Waals surface area (Å²) in [5.41, 5.74) is 1.99. The molecule has 0 radical (unpaired) electrons. The van der Waals surface area contributed by atoms with Crippen molar-refractivity contribution < 1.29 is 9.53 Å². The van der Waals surface area contributed by atoms with E-state index in [0.717, 1.165) is 5.92 Å².